The first-order valence-electron chi connectivity index (χ1n) is 6.77. The van der Waals surface area contributed by atoms with Crippen molar-refractivity contribution in [3.8, 4) is 0 Å². The van der Waals surface area contributed by atoms with E-state index in [4.69, 9.17) is 10.5 Å². The molecule has 20 heavy (non-hydrogen) atoms. The molecule has 2 rings (SSSR count). The lowest BCUT2D eigenvalue weighted by atomic mass is 10.2. The van der Waals surface area contributed by atoms with Crippen LogP contribution in [0.4, 0.5) is 10.5 Å². The number of carbonyl (C=O) groups excluding carboxylic acids is 1. The first kappa shape index (κ1) is 14.2. The molecule has 6 heteroatoms. The minimum atomic E-state index is -0.288. The minimum absolute atomic E-state index is 0.288. The van der Waals surface area contributed by atoms with Crippen LogP contribution in [-0.2, 0) is 11.3 Å². The SMILES string of the molecule is CCCNC(N)=NCc1ccc(N2CCOC2=O)cc1. The molecule has 0 aliphatic carbocycles. The Labute approximate surface area is 118 Å². The third kappa shape index (κ3) is 3.63. The van der Waals surface area contributed by atoms with Gasteiger partial charge in [-0.3, -0.25) is 4.90 Å². The van der Waals surface area contributed by atoms with Gasteiger partial charge in [0.25, 0.3) is 0 Å². The standard InChI is InChI=1S/C14H20N4O2/c1-2-7-16-13(15)17-10-11-3-5-12(6-4-11)18-8-9-20-14(18)19/h3-6H,2,7-10H2,1H3,(H3,15,16,17). The van der Waals surface area contributed by atoms with E-state index in [0.717, 1.165) is 24.2 Å². The summed E-state index contributed by atoms with van der Waals surface area (Å²) in [5.74, 6) is 0.457. The van der Waals surface area contributed by atoms with Crippen molar-refractivity contribution >= 4 is 17.7 Å². The highest BCUT2D eigenvalue weighted by molar-refractivity contribution is 5.89. The summed E-state index contributed by atoms with van der Waals surface area (Å²) >= 11 is 0. The number of anilines is 1. The Kier molecular flexibility index (Phi) is 4.81. The fourth-order valence-electron chi connectivity index (χ4n) is 1.89. The van der Waals surface area contributed by atoms with E-state index in [-0.39, 0.29) is 6.09 Å². The van der Waals surface area contributed by atoms with Crippen molar-refractivity contribution in [3.63, 3.8) is 0 Å². The predicted octanol–water partition coefficient (Wildman–Crippen LogP) is 1.46. The Hall–Kier alpha value is -2.24. The molecule has 1 aliphatic rings. The van der Waals surface area contributed by atoms with E-state index in [1.165, 1.54) is 0 Å². The molecule has 0 aromatic heterocycles. The smallest absolute Gasteiger partial charge is 0.414 e. The molecule has 1 fully saturated rings. The zero-order valence-corrected chi connectivity index (χ0v) is 11.6. The van der Waals surface area contributed by atoms with Gasteiger partial charge in [0, 0.05) is 12.2 Å². The molecular weight excluding hydrogens is 256 g/mol. The summed E-state index contributed by atoms with van der Waals surface area (Å²) < 4.78 is 4.91. The van der Waals surface area contributed by atoms with Crippen LogP contribution in [0.1, 0.15) is 18.9 Å². The Bertz CT molecular complexity index is 484. The van der Waals surface area contributed by atoms with Crippen LogP contribution >= 0.6 is 0 Å². The number of carbonyl (C=O) groups is 1. The van der Waals surface area contributed by atoms with E-state index >= 15 is 0 Å². The van der Waals surface area contributed by atoms with Crippen LogP contribution < -0.4 is 16.0 Å². The summed E-state index contributed by atoms with van der Waals surface area (Å²) in [5.41, 5.74) is 7.61. The first-order chi connectivity index (χ1) is 9.70. The second-order valence-electron chi connectivity index (χ2n) is 4.56. The van der Waals surface area contributed by atoms with Gasteiger partial charge >= 0.3 is 6.09 Å². The summed E-state index contributed by atoms with van der Waals surface area (Å²) in [6, 6.07) is 7.68. The molecule has 1 saturated heterocycles. The highest BCUT2D eigenvalue weighted by Gasteiger charge is 2.23. The molecule has 0 radical (unpaired) electrons. The highest BCUT2D eigenvalue weighted by atomic mass is 16.6. The van der Waals surface area contributed by atoms with Crippen molar-refractivity contribution in [1.82, 2.24) is 5.32 Å². The topological polar surface area (TPSA) is 79.9 Å². The third-order valence-corrected chi connectivity index (χ3v) is 3.00. The molecule has 108 valence electrons. The van der Waals surface area contributed by atoms with Crippen LogP contribution in [0, 0.1) is 0 Å². The van der Waals surface area contributed by atoms with Gasteiger partial charge in [-0.25, -0.2) is 9.79 Å². The number of nitrogens with two attached hydrogens (primary N) is 1. The van der Waals surface area contributed by atoms with Crippen LogP contribution in [0.25, 0.3) is 0 Å². The summed E-state index contributed by atoms with van der Waals surface area (Å²) in [4.78, 5) is 17.3. The molecule has 1 aromatic rings. The second kappa shape index (κ2) is 6.79. The molecular formula is C14H20N4O2. The van der Waals surface area contributed by atoms with Gasteiger partial charge in [-0.05, 0) is 24.1 Å². The molecule has 1 amide bonds. The number of rotatable bonds is 5. The number of nitrogens with one attached hydrogen (secondary N) is 1. The van der Waals surface area contributed by atoms with E-state index in [1.54, 1.807) is 4.90 Å². The fraction of sp³-hybridized carbons (Fsp3) is 0.429. The van der Waals surface area contributed by atoms with Gasteiger partial charge in [-0.15, -0.1) is 0 Å². The lowest BCUT2D eigenvalue weighted by Crippen LogP contribution is -2.32. The predicted molar refractivity (Wildman–Crippen MR) is 78.8 cm³/mol. The molecule has 6 nitrogen and oxygen atoms in total. The summed E-state index contributed by atoms with van der Waals surface area (Å²) in [6.07, 6.45) is 0.723. The lowest BCUT2D eigenvalue weighted by Gasteiger charge is -2.12. The second-order valence-corrected chi connectivity index (χ2v) is 4.56. The number of hydrogen-bond donors (Lipinski definition) is 2. The molecule has 1 aliphatic heterocycles. The van der Waals surface area contributed by atoms with Gasteiger partial charge < -0.3 is 15.8 Å². The normalized spacial score (nSPS) is 15.3. The summed E-state index contributed by atoms with van der Waals surface area (Å²) in [5, 5.41) is 3.02. The highest BCUT2D eigenvalue weighted by Crippen LogP contribution is 2.19. The maximum atomic E-state index is 11.4. The van der Waals surface area contributed by atoms with E-state index in [0.29, 0.717) is 25.7 Å². The van der Waals surface area contributed by atoms with Crippen LogP contribution in [0.15, 0.2) is 29.3 Å². The molecule has 0 atom stereocenters. The number of guanidine groups is 1. The monoisotopic (exact) mass is 276 g/mol. The molecule has 1 heterocycles. The molecule has 0 saturated carbocycles. The number of aliphatic imine (C=N–C) groups is 1. The average Bonchev–Trinajstić information content (AvgIpc) is 2.89. The Morgan fingerprint density at radius 1 is 1.45 bits per heavy atom. The lowest BCUT2D eigenvalue weighted by molar-refractivity contribution is 0.181. The maximum absolute atomic E-state index is 11.4. The quantitative estimate of drug-likeness (QED) is 0.630. The van der Waals surface area contributed by atoms with E-state index in [9.17, 15) is 4.79 Å². The minimum Gasteiger partial charge on any atom is -0.447 e. The molecule has 3 N–H and O–H groups in total. The number of ether oxygens (including phenoxy) is 1. The molecule has 0 unspecified atom stereocenters. The van der Waals surface area contributed by atoms with E-state index in [2.05, 4.69) is 17.2 Å². The zero-order valence-electron chi connectivity index (χ0n) is 11.6. The number of nitrogens with zero attached hydrogens (tertiary/aromatic N) is 2. The average molecular weight is 276 g/mol. The largest absolute Gasteiger partial charge is 0.447 e. The maximum Gasteiger partial charge on any atom is 0.414 e. The van der Waals surface area contributed by atoms with Crippen LogP contribution in [0.3, 0.4) is 0 Å². The molecule has 1 aromatic carbocycles. The van der Waals surface area contributed by atoms with Crippen LogP contribution in [0.5, 0.6) is 0 Å². The third-order valence-electron chi connectivity index (χ3n) is 3.00. The molecule has 0 spiro atoms. The number of cyclic esters (lactones) is 1. The van der Waals surface area contributed by atoms with Gasteiger partial charge in [-0.1, -0.05) is 19.1 Å². The molecule has 0 bridgehead atoms. The van der Waals surface area contributed by atoms with Gasteiger partial charge in [0.15, 0.2) is 5.96 Å². The van der Waals surface area contributed by atoms with E-state index < -0.39 is 0 Å². The Morgan fingerprint density at radius 3 is 2.80 bits per heavy atom. The van der Waals surface area contributed by atoms with Crippen molar-refractivity contribution in [3.05, 3.63) is 29.8 Å². The first-order valence-corrected chi connectivity index (χ1v) is 6.77. The van der Waals surface area contributed by atoms with Crippen LogP contribution in [0.2, 0.25) is 0 Å². The van der Waals surface area contributed by atoms with Gasteiger partial charge in [-0.2, -0.15) is 0 Å². The van der Waals surface area contributed by atoms with Crippen LogP contribution in [-0.4, -0.2) is 31.7 Å². The van der Waals surface area contributed by atoms with E-state index in [1.807, 2.05) is 24.3 Å². The number of benzene rings is 1. The van der Waals surface area contributed by atoms with Gasteiger partial charge in [0.2, 0.25) is 0 Å². The zero-order chi connectivity index (χ0) is 14.4. The number of hydrogen-bond acceptors (Lipinski definition) is 3. The Balaban J connectivity index is 1.93. The summed E-state index contributed by atoms with van der Waals surface area (Å²) in [6.45, 7) is 4.47. The van der Waals surface area contributed by atoms with Crippen molar-refractivity contribution < 1.29 is 9.53 Å². The van der Waals surface area contributed by atoms with Crippen molar-refractivity contribution in [2.24, 2.45) is 10.7 Å². The van der Waals surface area contributed by atoms with Crippen molar-refractivity contribution in [2.75, 3.05) is 24.6 Å². The van der Waals surface area contributed by atoms with Crippen molar-refractivity contribution in [1.29, 1.82) is 0 Å². The summed E-state index contributed by atoms with van der Waals surface area (Å²) in [7, 11) is 0. The van der Waals surface area contributed by atoms with Gasteiger partial charge in [0.1, 0.15) is 6.61 Å². The fourth-order valence-corrected chi connectivity index (χ4v) is 1.89. The van der Waals surface area contributed by atoms with Gasteiger partial charge in [0.05, 0.1) is 13.1 Å². The number of amides is 1. The van der Waals surface area contributed by atoms with Crippen molar-refractivity contribution in [2.45, 2.75) is 19.9 Å². The Morgan fingerprint density at radius 2 is 2.20 bits per heavy atom.